The highest BCUT2D eigenvalue weighted by molar-refractivity contribution is 8.24. The lowest BCUT2D eigenvalue weighted by Crippen LogP contribution is -2.14. The molecule has 0 bridgehead atoms. The summed E-state index contributed by atoms with van der Waals surface area (Å²) in [5.41, 5.74) is 0.687. The van der Waals surface area contributed by atoms with Crippen LogP contribution < -0.4 is 9.47 Å². The first kappa shape index (κ1) is 51.4. The first-order valence-corrected chi connectivity index (χ1v) is 23.4. The number of allylic oxidation sites excluding steroid dienone is 1. The molecule has 14 heteroatoms. The van der Waals surface area contributed by atoms with E-state index in [-0.39, 0.29) is 44.1 Å². The number of carbonyl (C=O) groups is 4. The Labute approximate surface area is 375 Å². The van der Waals surface area contributed by atoms with Crippen molar-refractivity contribution >= 4 is 58.2 Å². The van der Waals surface area contributed by atoms with Gasteiger partial charge in [-0.2, -0.15) is 0 Å². The molecule has 2 aromatic carbocycles. The number of hydrogen-bond donors (Lipinski definition) is 0. The highest BCUT2D eigenvalue weighted by Gasteiger charge is 2.31. The number of esters is 4. The number of nitriles is 1. The van der Waals surface area contributed by atoms with E-state index in [1.807, 2.05) is 24.3 Å². The van der Waals surface area contributed by atoms with Crippen LogP contribution >= 0.6 is 23.5 Å². The minimum absolute atomic E-state index is 0.0321. The second-order valence-corrected chi connectivity index (χ2v) is 17.4. The highest BCUT2D eigenvalue weighted by Crippen LogP contribution is 2.61. The van der Waals surface area contributed by atoms with Gasteiger partial charge in [-0.15, -0.1) is 0 Å². The minimum atomic E-state index is -0.489. The Morgan fingerprint density at radius 1 is 0.581 bits per heavy atom. The summed E-state index contributed by atoms with van der Waals surface area (Å²) in [5.74, 6) is 0.000194. The number of hydrogen-bond acceptors (Lipinski definition) is 13. The topological polar surface area (TPSA) is 152 Å². The molecular weight excluding hydrogens is 829 g/mol. The summed E-state index contributed by atoms with van der Waals surface area (Å²) in [5, 5.41) is 11.6. The summed E-state index contributed by atoms with van der Waals surface area (Å²) < 4.78 is 33.8. The maximum absolute atomic E-state index is 11.9. The van der Waals surface area contributed by atoms with Gasteiger partial charge in [0.15, 0.2) is 0 Å². The summed E-state index contributed by atoms with van der Waals surface area (Å²) >= 11 is 2.82. The van der Waals surface area contributed by atoms with Crippen molar-refractivity contribution in [3.8, 4) is 17.6 Å². The van der Waals surface area contributed by atoms with Crippen LogP contribution in [0.4, 0.5) is 0 Å². The molecule has 0 fully saturated rings. The average Bonchev–Trinajstić information content (AvgIpc) is 3.70. The molecule has 0 saturated carbocycles. The third-order valence-corrected chi connectivity index (χ3v) is 12.3. The fourth-order valence-electron chi connectivity index (χ4n) is 6.40. The molecule has 1 heterocycles. The average molecular weight is 891 g/mol. The molecule has 336 valence electrons. The highest BCUT2D eigenvalue weighted by atomic mass is 32.2. The largest absolute Gasteiger partial charge is 0.492 e. The summed E-state index contributed by atoms with van der Waals surface area (Å²) in [6.45, 7) is 19.0. The van der Waals surface area contributed by atoms with Gasteiger partial charge in [-0.1, -0.05) is 138 Å². The third-order valence-electron chi connectivity index (χ3n) is 9.73. The molecule has 0 radical (unpaired) electrons. The van der Waals surface area contributed by atoms with Gasteiger partial charge in [-0.05, 0) is 39.5 Å². The summed E-state index contributed by atoms with van der Waals surface area (Å²) in [4.78, 5) is 51.8. The van der Waals surface area contributed by atoms with Crippen LogP contribution in [-0.2, 0) is 38.1 Å². The Morgan fingerprint density at radius 2 is 0.935 bits per heavy atom. The molecule has 0 amide bonds. The molecule has 0 aliphatic carbocycles. The molecule has 2 aromatic rings. The van der Waals surface area contributed by atoms with Crippen LogP contribution in [0.3, 0.4) is 0 Å². The number of rotatable bonds is 32. The molecule has 0 atom stereocenters. The van der Waals surface area contributed by atoms with Crippen LogP contribution in [0, 0.1) is 17.9 Å². The normalized spacial score (nSPS) is 11.5. The van der Waals surface area contributed by atoms with Gasteiger partial charge in [0.2, 0.25) is 0 Å². The lowest BCUT2D eigenvalue weighted by molar-refractivity contribution is -0.150. The fraction of sp³-hybridized carbons (Fsp3) is 0.542. The number of carbonyl (C=O) groups excluding carboxylic acids is 4. The van der Waals surface area contributed by atoms with Crippen LogP contribution in [0.5, 0.6) is 11.5 Å². The van der Waals surface area contributed by atoms with E-state index in [9.17, 15) is 24.4 Å². The summed E-state index contributed by atoms with van der Waals surface area (Å²) in [7, 11) is 0. The van der Waals surface area contributed by atoms with Gasteiger partial charge in [0.25, 0.3) is 5.70 Å². The van der Waals surface area contributed by atoms with Gasteiger partial charge in [0, 0.05) is 34.8 Å². The molecule has 0 saturated heterocycles. The Balaban J connectivity index is 1.37. The number of thioether (sulfide) groups is 2. The second-order valence-electron chi connectivity index (χ2n) is 15.1. The molecule has 12 nitrogen and oxygen atoms in total. The minimum Gasteiger partial charge on any atom is -0.492 e. The number of benzene rings is 2. The van der Waals surface area contributed by atoms with Gasteiger partial charge < -0.3 is 28.4 Å². The fourth-order valence-corrected chi connectivity index (χ4v) is 8.96. The zero-order valence-corrected chi connectivity index (χ0v) is 38.1. The van der Waals surface area contributed by atoms with E-state index in [4.69, 9.17) is 35.0 Å². The van der Waals surface area contributed by atoms with Gasteiger partial charge in [-0.3, -0.25) is 9.59 Å². The van der Waals surface area contributed by atoms with E-state index < -0.39 is 11.9 Å². The van der Waals surface area contributed by atoms with Crippen molar-refractivity contribution in [3.05, 3.63) is 69.9 Å². The van der Waals surface area contributed by atoms with E-state index in [0.29, 0.717) is 41.4 Å². The Morgan fingerprint density at radius 3 is 1.29 bits per heavy atom. The van der Waals surface area contributed by atoms with E-state index in [1.165, 1.54) is 23.5 Å². The van der Waals surface area contributed by atoms with Crippen LogP contribution in [0.25, 0.3) is 15.6 Å². The van der Waals surface area contributed by atoms with Gasteiger partial charge in [0.1, 0.15) is 37.9 Å². The molecule has 62 heavy (non-hydrogen) atoms. The predicted octanol–water partition coefficient (Wildman–Crippen LogP) is 11.8. The molecule has 0 aromatic heterocycles. The quantitative estimate of drug-likeness (QED) is 0.0171. The predicted molar refractivity (Wildman–Crippen MR) is 242 cm³/mol. The number of fused-ring (bicyclic) bond motifs is 2. The van der Waals surface area contributed by atoms with Crippen molar-refractivity contribution in [1.29, 1.82) is 5.26 Å². The van der Waals surface area contributed by atoms with Crippen molar-refractivity contribution in [2.75, 3.05) is 39.6 Å². The Hall–Kier alpha value is -4.92. The van der Waals surface area contributed by atoms with Gasteiger partial charge >= 0.3 is 23.9 Å². The molecule has 3 rings (SSSR count). The van der Waals surface area contributed by atoms with E-state index in [2.05, 4.69) is 24.1 Å². The maximum atomic E-state index is 11.9. The first-order chi connectivity index (χ1) is 30.1. The molecule has 1 aliphatic heterocycles. The van der Waals surface area contributed by atoms with Crippen molar-refractivity contribution < 1.29 is 47.6 Å². The zero-order chi connectivity index (χ0) is 45.0. The van der Waals surface area contributed by atoms with Crippen LogP contribution in [0.2, 0.25) is 0 Å². The van der Waals surface area contributed by atoms with Crippen molar-refractivity contribution in [1.82, 2.24) is 0 Å². The first-order valence-electron chi connectivity index (χ1n) is 21.8. The van der Waals surface area contributed by atoms with Gasteiger partial charge in [-0.25, -0.2) is 19.7 Å². The maximum Gasteiger partial charge on any atom is 0.333 e. The number of nitrogens with zero attached hydrogens (tertiary/aromatic N) is 2. The monoisotopic (exact) mass is 890 g/mol. The van der Waals surface area contributed by atoms with Crippen LogP contribution in [-0.4, -0.2) is 63.5 Å². The molecule has 0 unspecified atom stereocenters. The lowest BCUT2D eigenvalue weighted by atomic mass is 10.1. The van der Waals surface area contributed by atoms with Crippen molar-refractivity contribution in [3.63, 3.8) is 0 Å². The van der Waals surface area contributed by atoms with Crippen LogP contribution in [0.15, 0.2) is 68.3 Å². The van der Waals surface area contributed by atoms with E-state index in [1.54, 1.807) is 13.8 Å². The summed E-state index contributed by atoms with van der Waals surface area (Å²) in [6.07, 6.45) is 16.7. The van der Waals surface area contributed by atoms with Crippen molar-refractivity contribution in [2.45, 2.75) is 139 Å². The van der Waals surface area contributed by atoms with Gasteiger partial charge in [0.05, 0.1) is 39.9 Å². The SMILES string of the molecule is [C-]#[N+]C(C#N)=C1Sc2c(c(OCCCCCCCCCCC(=O)OCCOC(=O)C(=C)C)c3ccccc3c2OCCCCCCCCCCC(=O)OCCOC(=O)C(=C)C)S1. The van der Waals surface area contributed by atoms with E-state index >= 15 is 0 Å². The number of ether oxygens (including phenoxy) is 6. The second kappa shape index (κ2) is 30.2. The van der Waals surface area contributed by atoms with Crippen molar-refractivity contribution in [2.24, 2.45) is 0 Å². The lowest BCUT2D eigenvalue weighted by Gasteiger charge is -2.18. The molecule has 0 spiro atoms. The summed E-state index contributed by atoms with van der Waals surface area (Å²) in [6, 6.07) is 10.1. The van der Waals surface area contributed by atoms with E-state index in [0.717, 1.165) is 135 Å². The third kappa shape index (κ3) is 19.0. The Kier molecular flexibility index (Phi) is 25.0. The van der Waals surface area contributed by atoms with Crippen LogP contribution in [0.1, 0.15) is 129 Å². The standard InChI is InChI=1S/C48H62N2O10S2/c1-35(2)46(53)59-32-30-55-40(51)26-18-14-10-6-8-12-16-22-28-57-42-37-24-20-21-25-38(37)43(45-44(42)61-48(62-45)39(34-49)50-5)58-29-23-17-13-9-7-11-15-19-27-41(52)56-31-33-60-47(54)36(3)4/h20-21,24-25H,1,3,6-19,22-23,26-33H2,2,4H3. The number of unbranched alkanes of at least 4 members (excludes halogenated alkanes) is 14. The Bertz CT molecular complexity index is 1810. The molecular formula is C48H62N2O10S2. The smallest absolute Gasteiger partial charge is 0.333 e. The zero-order valence-electron chi connectivity index (χ0n) is 36.5. The molecule has 1 aliphatic rings. The molecule has 0 N–H and O–H groups in total.